The van der Waals surface area contributed by atoms with Gasteiger partial charge in [-0.25, -0.2) is 0 Å². The van der Waals surface area contributed by atoms with Crippen molar-refractivity contribution in [2.75, 3.05) is 0 Å². The van der Waals surface area contributed by atoms with Crippen LogP contribution in [0.5, 0.6) is 0 Å². The maximum Gasteiger partial charge on any atom is 0.0593 e. The van der Waals surface area contributed by atoms with Crippen LogP contribution in [0.1, 0.15) is 33.3 Å². The van der Waals surface area contributed by atoms with Gasteiger partial charge in [0.25, 0.3) is 0 Å². The minimum Gasteiger partial charge on any atom is -0.271 e. The van der Waals surface area contributed by atoms with Gasteiger partial charge in [-0.3, -0.25) is 11.3 Å². The first-order valence-corrected chi connectivity index (χ1v) is 7.78. The molecule has 0 saturated heterocycles. The van der Waals surface area contributed by atoms with Crippen LogP contribution in [0.2, 0.25) is 5.02 Å². The fourth-order valence-electron chi connectivity index (χ4n) is 2.62. The first-order chi connectivity index (χ1) is 9.26. The molecular formula is C15H17ClN2S. The van der Waals surface area contributed by atoms with E-state index in [1.165, 1.54) is 35.3 Å². The normalized spacial score (nSPS) is 15.5. The lowest BCUT2D eigenvalue weighted by Gasteiger charge is -2.14. The highest BCUT2D eigenvalue weighted by atomic mass is 35.5. The Hall–Kier alpha value is -0.870. The fourth-order valence-corrected chi connectivity index (χ4v) is 4.07. The molecule has 4 heteroatoms. The van der Waals surface area contributed by atoms with Gasteiger partial charge in [0.05, 0.1) is 6.04 Å². The summed E-state index contributed by atoms with van der Waals surface area (Å²) in [6, 6.07) is 10.5. The summed E-state index contributed by atoms with van der Waals surface area (Å²) in [6.07, 6.45) is 4.66. The zero-order chi connectivity index (χ0) is 13.2. The first kappa shape index (κ1) is 13.1. The summed E-state index contributed by atoms with van der Waals surface area (Å²) >= 11 is 7.82. The number of hydrazine groups is 1. The Kier molecular flexibility index (Phi) is 3.89. The molecule has 0 aliphatic heterocycles. The molecule has 0 bridgehead atoms. The third kappa shape index (κ3) is 2.84. The molecule has 0 radical (unpaired) electrons. The molecule has 1 unspecified atom stereocenters. The van der Waals surface area contributed by atoms with Crippen molar-refractivity contribution in [3.63, 3.8) is 0 Å². The smallest absolute Gasteiger partial charge is 0.0593 e. The van der Waals surface area contributed by atoms with E-state index in [0.29, 0.717) is 0 Å². The van der Waals surface area contributed by atoms with Gasteiger partial charge in [-0.05, 0) is 55.0 Å². The van der Waals surface area contributed by atoms with E-state index in [1.807, 2.05) is 23.5 Å². The van der Waals surface area contributed by atoms with Gasteiger partial charge in [0.2, 0.25) is 0 Å². The molecule has 0 fully saturated rings. The highest BCUT2D eigenvalue weighted by Gasteiger charge is 2.19. The highest BCUT2D eigenvalue weighted by Crippen LogP contribution is 2.34. The number of rotatable bonds is 4. The quantitative estimate of drug-likeness (QED) is 0.667. The van der Waals surface area contributed by atoms with Crippen LogP contribution < -0.4 is 11.3 Å². The number of aryl methyl sites for hydroxylation is 2. The van der Waals surface area contributed by atoms with Gasteiger partial charge >= 0.3 is 0 Å². The Balaban J connectivity index is 1.78. The van der Waals surface area contributed by atoms with Crippen LogP contribution in [0.4, 0.5) is 0 Å². The second-order valence-electron chi connectivity index (χ2n) is 5.00. The topological polar surface area (TPSA) is 38.0 Å². The lowest BCUT2D eigenvalue weighted by molar-refractivity contribution is 0.560. The van der Waals surface area contributed by atoms with Crippen molar-refractivity contribution < 1.29 is 0 Å². The number of nitrogens with two attached hydrogens (primary N) is 1. The zero-order valence-corrected chi connectivity index (χ0v) is 12.2. The van der Waals surface area contributed by atoms with Crippen LogP contribution in [0, 0.1) is 0 Å². The van der Waals surface area contributed by atoms with Crippen molar-refractivity contribution in [3.8, 4) is 0 Å². The molecule has 3 rings (SSSR count). The standard InChI is InChI=1S/C15H17ClN2S/c16-12-6-4-10(5-7-12)8-13(18-17)15-9-11-2-1-3-14(11)19-15/h4-7,9,13,18H,1-3,8,17H2. The lowest BCUT2D eigenvalue weighted by Crippen LogP contribution is -2.29. The SMILES string of the molecule is NNC(Cc1ccc(Cl)cc1)c1cc2c(s1)CCC2. The second-order valence-corrected chi connectivity index (χ2v) is 6.61. The Morgan fingerprint density at radius 2 is 2.05 bits per heavy atom. The monoisotopic (exact) mass is 292 g/mol. The van der Waals surface area contributed by atoms with E-state index >= 15 is 0 Å². The summed E-state index contributed by atoms with van der Waals surface area (Å²) in [5, 5.41) is 0.774. The molecule has 1 heterocycles. The Bertz CT molecular complexity index is 541. The number of benzene rings is 1. The summed E-state index contributed by atoms with van der Waals surface area (Å²) in [5.41, 5.74) is 5.72. The van der Waals surface area contributed by atoms with Crippen molar-refractivity contribution in [1.29, 1.82) is 0 Å². The summed E-state index contributed by atoms with van der Waals surface area (Å²) in [5.74, 6) is 5.73. The van der Waals surface area contributed by atoms with Crippen molar-refractivity contribution >= 4 is 22.9 Å². The molecule has 0 amide bonds. The number of fused-ring (bicyclic) bond motifs is 1. The third-order valence-corrected chi connectivity index (χ3v) is 5.27. The Morgan fingerprint density at radius 3 is 2.74 bits per heavy atom. The molecule has 2 aromatic rings. The molecule has 3 N–H and O–H groups in total. The number of nitrogens with one attached hydrogen (secondary N) is 1. The van der Waals surface area contributed by atoms with Crippen molar-refractivity contribution in [2.24, 2.45) is 5.84 Å². The van der Waals surface area contributed by atoms with Gasteiger partial charge in [0, 0.05) is 14.8 Å². The largest absolute Gasteiger partial charge is 0.271 e. The highest BCUT2D eigenvalue weighted by molar-refractivity contribution is 7.12. The van der Waals surface area contributed by atoms with Crippen molar-refractivity contribution in [2.45, 2.75) is 31.7 Å². The van der Waals surface area contributed by atoms with Crippen LogP contribution in [0.3, 0.4) is 0 Å². The number of hydrogen-bond donors (Lipinski definition) is 2. The maximum atomic E-state index is 5.91. The Labute approximate surface area is 122 Å². The second kappa shape index (κ2) is 5.63. The van der Waals surface area contributed by atoms with Crippen LogP contribution in [-0.2, 0) is 19.3 Å². The number of halogens is 1. The van der Waals surface area contributed by atoms with Crippen LogP contribution in [-0.4, -0.2) is 0 Å². The molecule has 1 aromatic carbocycles. The van der Waals surface area contributed by atoms with E-state index in [1.54, 1.807) is 4.88 Å². The lowest BCUT2D eigenvalue weighted by atomic mass is 10.0. The van der Waals surface area contributed by atoms with Gasteiger partial charge in [-0.15, -0.1) is 11.3 Å². The molecule has 19 heavy (non-hydrogen) atoms. The van der Waals surface area contributed by atoms with Gasteiger partial charge in [0.15, 0.2) is 0 Å². The molecule has 0 saturated carbocycles. The minimum absolute atomic E-state index is 0.191. The van der Waals surface area contributed by atoms with Gasteiger partial charge in [0.1, 0.15) is 0 Å². The minimum atomic E-state index is 0.191. The average Bonchev–Trinajstić information content (AvgIpc) is 2.99. The van der Waals surface area contributed by atoms with Gasteiger partial charge in [-0.2, -0.15) is 0 Å². The molecular weight excluding hydrogens is 276 g/mol. The average molecular weight is 293 g/mol. The van der Waals surface area contributed by atoms with Crippen LogP contribution >= 0.6 is 22.9 Å². The van der Waals surface area contributed by atoms with E-state index in [9.17, 15) is 0 Å². The summed E-state index contributed by atoms with van der Waals surface area (Å²) in [4.78, 5) is 2.90. The molecule has 1 aliphatic carbocycles. The fraction of sp³-hybridized carbons (Fsp3) is 0.333. The molecule has 2 nitrogen and oxygen atoms in total. The van der Waals surface area contributed by atoms with Crippen molar-refractivity contribution in [1.82, 2.24) is 5.43 Å². The van der Waals surface area contributed by atoms with Crippen LogP contribution in [0.15, 0.2) is 30.3 Å². The summed E-state index contributed by atoms with van der Waals surface area (Å²) in [7, 11) is 0. The molecule has 100 valence electrons. The maximum absolute atomic E-state index is 5.91. The van der Waals surface area contributed by atoms with Crippen LogP contribution in [0.25, 0.3) is 0 Å². The van der Waals surface area contributed by atoms with Gasteiger partial charge < -0.3 is 0 Å². The third-order valence-electron chi connectivity index (χ3n) is 3.66. The number of thiophene rings is 1. The summed E-state index contributed by atoms with van der Waals surface area (Å²) < 4.78 is 0. The molecule has 1 atom stereocenters. The van der Waals surface area contributed by atoms with Gasteiger partial charge in [-0.1, -0.05) is 23.7 Å². The first-order valence-electron chi connectivity index (χ1n) is 6.58. The predicted octanol–water partition coefficient (Wildman–Crippen LogP) is 3.64. The molecule has 0 spiro atoms. The van der Waals surface area contributed by atoms with E-state index in [0.717, 1.165) is 11.4 Å². The molecule has 1 aliphatic rings. The number of hydrogen-bond acceptors (Lipinski definition) is 3. The predicted molar refractivity (Wildman–Crippen MR) is 81.6 cm³/mol. The van der Waals surface area contributed by atoms with E-state index < -0.39 is 0 Å². The van der Waals surface area contributed by atoms with Crippen molar-refractivity contribution in [3.05, 3.63) is 56.2 Å². The van der Waals surface area contributed by atoms with E-state index in [-0.39, 0.29) is 6.04 Å². The summed E-state index contributed by atoms with van der Waals surface area (Å²) in [6.45, 7) is 0. The Morgan fingerprint density at radius 1 is 1.26 bits per heavy atom. The van der Waals surface area contributed by atoms with E-state index in [4.69, 9.17) is 17.4 Å². The van der Waals surface area contributed by atoms with E-state index in [2.05, 4.69) is 23.6 Å². The zero-order valence-electron chi connectivity index (χ0n) is 10.7. The molecule has 1 aromatic heterocycles.